The van der Waals surface area contributed by atoms with Crippen molar-refractivity contribution in [2.45, 2.75) is 26.6 Å². The number of carbonyl (C=O) groups is 1. The Morgan fingerprint density at radius 3 is 2.64 bits per heavy atom. The van der Waals surface area contributed by atoms with Crippen LogP contribution in [0.4, 0.5) is 18.9 Å². The summed E-state index contributed by atoms with van der Waals surface area (Å²) in [4.78, 5) is 26.1. The van der Waals surface area contributed by atoms with Crippen LogP contribution in [-0.2, 0) is 6.54 Å². The van der Waals surface area contributed by atoms with Gasteiger partial charge in [0.25, 0.3) is 11.5 Å². The van der Waals surface area contributed by atoms with Crippen molar-refractivity contribution in [1.29, 1.82) is 0 Å². The van der Waals surface area contributed by atoms with Crippen LogP contribution in [0.3, 0.4) is 0 Å². The fraction of sp³-hybridized carbons (Fsp3) is 0.286. The summed E-state index contributed by atoms with van der Waals surface area (Å²) in [5, 5.41) is 2.39. The van der Waals surface area contributed by atoms with Crippen LogP contribution in [0.2, 0.25) is 0 Å². The molecule has 0 saturated heterocycles. The number of nitrogens with zero attached hydrogens (tertiary/aromatic N) is 1. The molecule has 8 heteroatoms. The summed E-state index contributed by atoms with van der Waals surface area (Å²) < 4.78 is 38.7. The molecule has 2 aromatic heterocycles. The third kappa shape index (κ3) is 3.38. The second-order valence-electron chi connectivity index (χ2n) is 4.85. The van der Waals surface area contributed by atoms with E-state index in [-0.39, 0.29) is 16.9 Å². The van der Waals surface area contributed by atoms with E-state index in [1.807, 2.05) is 0 Å². The van der Waals surface area contributed by atoms with E-state index in [9.17, 15) is 22.8 Å². The lowest BCUT2D eigenvalue weighted by molar-refractivity contribution is -0.141. The molecule has 2 rings (SSSR count). The molecule has 0 aliphatic heterocycles. The Kier molecular flexibility index (Phi) is 4.11. The zero-order valence-electron chi connectivity index (χ0n) is 11.9. The Morgan fingerprint density at radius 2 is 2.05 bits per heavy atom. The molecule has 0 radical (unpaired) electrons. The number of rotatable bonds is 3. The Morgan fingerprint density at radius 1 is 1.36 bits per heavy atom. The van der Waals surface area contributed by atoms with Crippen molar-refractivity contribution in [3.05, 3.63) is 51.7 Å². The van der Waals surface area contributed by atoms with E-state index in [0.29, 0.717) is 5.69 Å². The molecule has 5 nitrogen and oxygen atoms in total. The lowest BCUT2D eigenvalue weighted by Gasteiger charge is -2.12. The van der Waals surface area contributed by atoms with E-state index in [2.05, 4.69) is 10.3 Å². The number of hydrogen-bond acceptors (Lipinski definition) is 2. The summed E-state index contributed by atoms with van der Waals surface area (Å²) in [6.07, 6.45) is -2.97. The van der Waals surface area contributed by atoms with Gasteiger partial charge in [-0.2, -0.15) is 13.2 Å². The van der Waals surface area contributed by atoms with E-state index in [4.69, 9.17) is 0 Å². The van der Waals surface area contributed by atoms with E-state index in [1.54, 1.807) is 0 Å². The first-order chi connectivity index (χ1) is 10.2. The number of amides is 1. The highest BCUT2D eigenvalue weighted by Gasteiger charge is 2.30. The molecular formula is C14H14F3N3O2. The molecule has 0 spiro atoms. The molecule has 2 aromatic rings. The second-order valence-corrected chi connectivity index (χ2v) is 4.85. The molecule has 0 saturated carbocycles. The molecule has 118 valence electrons. The van der Waals surface area contributed by atoms with Crippen LogP contribution < -0.4 is 10.9 Å². The molecule has 0 fully saturated rings. The smallest absolute Gasteiger partial charge is 0.339 e. The van der Waals surface area contributed by atoms with Gasteiger partial charge in [-0.1, -0.05) is 0 Å². The van der Waals surface area contributed by atoms with Gasteiger partial charge in [0.1, 0.15) is 12.2 Å². The Hall–Kier alpha value is -2.51. The number of hydrogen-bond donors (Lipinski definition) is 2. The van der Waals surface area contributed by atoms with Crippen molar-refractivity contribution in [2.24, 2.45) is 0 Å². The maximum Gasteiger partial charge on any atom is 0.406 e. The molecular weight excluding hydrogens is 299 g/mol. The van der Waals surface area contributed by atoms with Crippen LogP contribution in [0.1, 0.15) is 21.7 Å². The fourth-order valence-corrected chi connectivity index (χ4v) is 2.16. The van der Waals surface area contributed by atoms with Crippen LogP contribution in [0.5, 0.6) is 0 Å². The van der Waals surface area contributed by atoms with Crippen LogP contribution in [0.25, 0.3) is 0 Å². The molecule has 2 N–H and O–H groups in total. The Bertz CT molecular complexity index is 759. The van der Waals surface area contributed by atoms with Crippen molar-refractivity contribution >= 4 is 11.6 Å². The topological polar surface area (TPSA) is 66.9 Å². The predicted molar refractivity (Wildman–Crippen MR) is 75.0 cm³/mol. The van der Waals surface area contributed by atoms with Gasteiger partial charge in [0.2, 0.25) is 0 Å². The number of aromatic nitrogens is 2. The second kappa shape index (κ2) is 5.70. The van der Waals surface area contributed by atoms with Crippen molar-refractivity contribution in [2.75, 3.05) is 5.32 Å². The number of aromatic amines is 1. The minimum absolute atomic E-state index is 0.0353. The monoisotopic (exact) mass is 313 g/mol. The third-order valence-corrected chi connectivity index (χ3v) is 3.22. The lowest BCUT2D eigenvalue weighted by Crippen LogP contribution is -2.21. The van der Waals surface area contributed by atoms with Gasteiger partial charge in [-0.15, -0.1) is 0 Å². The third-order valence-electron chi connectivity index (χ3n) is 3.22. The average molecular weight is 313 g/mol. The van der Waals surface area contributed by atoms with Crippen molar-refractivity contribution < 1.29 is 18.0 Å². The van der Waals surface area contributed by atoms with Gasteiger partial charge in [0.15, 0.2) is 0 Å². The summed E-state index contributed by atoms with van der Waals surface area (Å²) in [6.45, 7) is 1.76. The fourth-order valence-electron chi connectivity index (χ4n) is 2.16. The number of alkyl halides is 3. The molecule has 1 amide bonds. The summed E-state index contributed by atoms with van der Waals surface area (Å²) in [5.41, 5.74) is 0.166. The highest BCUT2D eigenvalue weighted by atomic mass is 19.4. The van der Waals surface area contributed by atoms with Crippen molar-refractivity contribution in [3.63, 3.8) is 0 Å². The minimum Gasteiger partial charge on any atom is -0.339 e. The van der Waals surface area contributed by atoms with Crippen LogP contribution in [0, 0.1) is 13.8 Å². The number of nitrogens with one attached hydrogen (secondary N) is 2. The van der Waals surface area contributed by atoms with E-state index in [0.717, 1.165) is 4.57 Å². The number of pyridine rings is 1. The number of anilines is 1. The molecule has 0 aromatic carbocycles. The van der Waals surface area contributed by atoms with Gasteiger partial charge in [-0.3, -0.25) is 9.59 Å². The Balaban J connectivity index is 2.30. The van der Waals surface area contributed by atoms with E-state index >= 15 is 0 Å². The SMILES string of the molecule is Cc1cc(C(=O)Nc2ccc[nH]c2=O)c(C)n1CC(F)(F)F. The van der Waals surface area contributed by atoms with E-state index < -0.39 is 24.2 Å². The quantitative estimate of drug-likeness (QED) is 0.914. The highest BCUT2D eigenvalue weighted by Crippen LogP contribution is 2.23. The van der Waals surface area contributed by atoms with Crippen molar-refractivity contribution in [1.82, 2.24) is 9.55 Å². The van der Waals surface area contributed by atoms with Gasteiger partial charge in [-0.05, 0) is 32.0 Å². The number of aryl methyl sites for hydroxylation is 1. The van der Waals surface area contributed by atoms with Crippen molar-refractivity contribution in [3.8, 4) is 0 Å². The zero-order valence-corrected chi connectivity index (χ0v) is 11.9. The Labute approximate surface area is 123 Å². The predicted octanol–water partition coefficient (Wildman–Crippen LogP) is 2.61. The highest BCUT2D eigenvalue weighted by molar-refractivity contribution is 6.05. The molecule has 2 heterocycles. The molecule has 22 heavy (non-hydrogen) atoms. The van der Waals surface area contributed by atoms with Crippen LogP contribution in [-0.4, -0.2) is 21.6 Å². The molecule has 0 bridgehead atoms. The lowest BCUT2D eigenvalue weighted by atomic mass is 10.2. The first-order valence-electron chi connectivity index (χ1n) is 6.41. The first kappa shape index (κ1) is 15.9. The largest absolute Gasteiger partial charge is 0.406 e. The molecule has 0 aliphatic rings. The number of H-pyrrole nitrogens is 1. The van der Waals surface area contributed by atoms with Gasteiger partial charge in [0, 0.05) is 17.6 Å². The van der Waals surface area contributed by atoms with Gasteiger partial charge in [-0.25, -0.2) is 0 Å². The van der Waals surface area contributed by atoms with Gasteiger partial charge < -0.3 is 14.9 Å². The van der Waals surface area contributed by atoms with Crippen LogP contribution >= 0.6 is 0 Å². The summed E-state index contributed by atoms with van der Waals surface area (Å²) >= 11 is 0. The maximum absolute atomic E-state index is 12.5. The molecule has 0 aliphatic carbocycles. The molecule has 0 unspecified atom stereocenters. The van der Waals surface area contributed by atoms with Gasteiger partial charge in [0.05, 0.1) is 5.56 Å². The summed E-state index contributed by atoms with van der Waals surface area (Å²) in [5.74, 6) is -0.627. The normalized spacial score (nSPS) is 11.5. The maximum atomic E-state index is 12.5. The molecule has 0 atom stereocenters. The standard InChI is InChI=1S/C14H14F3N3O2/c1-8-6-10(9(2)20(8)7-14(15,16)17)12(21)19-11-4-3-5-18-13(11)22/h3-6H,7H2,1-2H3,(H,18,22)(H,19,21). The average Bonchev–Trinajstić information content (AvgIpc) is 2.68. The minimum atomic E-state index is -4.38. The summed E-state index contributed by atoms with van der Waals surface area (Å²) in [7, 11) is 0. The van der Waals surface area contributed by atoms with Crippen LogP contribution in [0.15, 0.2) is 29.2 Å². The zero-order chi connectivity index (χ0) is 16.5. The van der Waals surface area contributed by atoms with Gasteiger partial charge >= 0.3 is 6.18 Å². The number of halogens is 3. The first-order valence-corrected chi connectivity index (χ1v) is 6.41. The van der Waals surface area contributed by atoms with E-state index in [1.165, 1.54) is 38.2 Å². The number of carbonyl (C=O) groups excluding carboxylic acids is 1. The summed E-state index contributed by atoms with van der Waals surface area (Å²) in [6, 6.07) is 4.31.